The zero-order chi connectivity index (χ0) is 20.8. The van der Waals surface area contributed by atoms with Crippen LogP contribution in [0, 0.1) is 6.92 Å². The van der Waals surface area contributed by atoms with Gasteiger partial charge in [-0.3, -0.25) is 0 Å². The Morgan fingerprint density at radius 2 is 1.23 bits per heavy atom. The van der Waals surface area contributed by atoms with Crippen molar-refractivity contribution >= 4 is 41.0 Å². The highest BCUT2D eigenvalue weighted by atomic mass is 32.2. The molecule has 0 radical (unpaired) electrons. The Hall–Kier alpha value is -2.87. The number of benzene rings is 4. The van der Waals surface area contributed by atoms with Crippen LogP contribution in [-0.2, 0) is 11.0 Å². The van der Waals surface area contributed by atoms with Gasteiger partial charge in [0.1, 0.15) is 0 Å². The van der Waals surface area contributed by atoms with Gasteiger partial charge >= 0.3 is 0 Å². The maximum atomic E-state index is 12.7. The molecule has 0 saturated carbocycles. The van der Waals surface area contributed by atoms with Gasteiger partial charge in [0.25, 0.3) is 0 Å². The summed E-state index contributed by atoms with van der Waals surface area (Å²) in [5, 5.41) is 3.76. The maximum Gasteiger partial charge on any atom is 0.172 e. The molecule has 0 aliphatic heterocycles. The first kappa shape index (κ1) is 20.4. The Kier molecular flexibility index (Phi) is 6.63. The summed E-state index contributed by atoms with van der Waals surface area (Å²) in [4.78, 5) is 0.711. The smallest absolute Gasteiger partial charge is 0.172 e. The summed E-state index contributed by atoms with van der Waals surface area (Å²) in [5.74, 6) is 0. The molecule has 0 amide bonds. The van der Waals surface area contributed by atoms with E-state index in [1.807, 2.05) is 55.5 Å². The van der Waals surface area contributed by atoms with Crippen molar-refractivity contribution in [2.24, 2.45) is 4.40 Å². The molecule has 1 unspecified atom stereocenters. The van der Waals surface area contributed by atoms with Crippen molar-refractivity contribution in [2.75, 3.05) is 0 Å². The molecule has 4 aromatic rings. The highest BCUT2D eigenvalue weighted by Gasteiger charge is 2.18. The molecule has 4 heteroatoms. The normalized spacial score (nSPS) is 12.3. The van der Waals surface area contributed by atoms with E-state index in [2.05, 4.69) is 65.1 Å². The third-order valence-electron chi connectivity index (χ3n) is 4.72. The molecule has 148 valence electrons. The monoisotopic (exact) mass is 427 g/mol. The van der Waals surface area contributed by atoms with E-state index in [1.54, 1.807) is 6.21 Å². The predicted molar refractivity (Wildman–Crippen MR) is 130 cm³/mol. The lowest BCUT2D eigenvalue weighted by molar-refractivity contribution is 0.684. The molecule has 0 bridgehead atoms. The van der Waals surface area contributed by atoms with E-state index in [0.717, 1.165) is 11.1 Å². The van der Waals surface area contributed by atoms with Crippen LogP contribution in [0.3, 0.4) is 0 Å². The second-order valence-corrected chi connectivity index (χ2v) is 10.2. The second kappa shape index (κ2) is 9.75. The Labute approximate surface area is 181 Å². The van der Waals surface area contributed by atoms with Gasteiger partial charge in [-0.25, -0.2) is 4.21 Å². The van der Waals surface area contributed by atoms with Gasteiger partial charge in [-0.1, -0.05) is 103 Å². The van der Waals surface area contributed by atoms with Gasteiger partial charge in [0.15, 0.2) is 11.0 Å². The Balaban J connectivity index is 1.73. The van der Waals surface area contributed by atoms with E-state index in [-0.39, 0.29) is 0 Å². The van der Waals surface area contributed by atoms with Crippen LogP contribution < -0.4 is 15.9 Å². The summed E-state index contributed by atoms with van der Waals surface area (Å²) >= 11 is 0. The van der Waals surface area contributed by atoms with Gasteiger partial charge in [0, 0.05) is 11.8 Å². The molecule has 30 heavy (non-hydrogen) atoms. The van der Waals surface area contributed by atoms with Crippen LogP contribution in [0.2, 0.25) is 0 Å². The fraction of sp³-hybridized carbons (Fsp3) is 0.0385. The summed E-state index contributed by atoms with van der Waals surface area (Å²) < 4.78 is 17.1. The van der Waals surface area contributed by atoms with Crippen molar-refractivity contribution in [1.82, 2.24) is 0 Å². The molecule has 0 N–H and O–H groups in total. The topological polar surface area (TPSA) is 29.4 Å². The van der Waals surface area contributed by atoms with Gasteiger partial charge in [-0.15, -0.1) is 0 Å². The fourth-order valence-electron chi connectivity index (χ4n) is 3.20. The van der Waals surface area contributed by atoms with Crippen molar-refractivity contribution in [1.29, 1.82) is 0 Å². The fourth-order valence-corrected chi connectivity index (χ4v) is 6.32. The molecule has 4 aromatic carbocycles. The Morgan fingerprint density at radius 3 is 1.83 bits per heavy atom. The molecule has 2 nitrogen and oxygen atoms in total. The van der Waals surface area contributed by atoms with Crippen LogP contribution in [0.5, 0.6) is 0 Å². The zero-order valence-corrected chi connectivity index (χ0v) is 18.4. The highest BCUT2D eigenvalue weighted by molar-refractivity contribution is 7.84. The van der Waals surface area contributed by atoms with E-state index in [4.69, 9.17) is 0 Å². The SMILES string of the molecule is Cc1ccc(S(=O)/N=C/c2ccccc2P(c2ccccc2)c2ccccc2)cc1. The molecule has 1 atom stereocenters. The standard InChI is InChI=1S/C26H22NOPS/c1-21-16-18-25(19-17-21)30(28)27-20-22-10-8-9-15-26(22)29(23-11-4-2-5-12-23)24-13-6-3-7-14-24/h2-20H,1H3/b27-20+. The number of nitrogens with zero attached hydrogens (tertiary/aromatic N) is 1. The first-order valence-electron chi connectivity index (χ1n) is 9.74. The summed E-state index contributed by atoms with van der Waals surface area (Å²) in [6.07, 6.45) is 1.76. The molecule has 0 aliphatic carbocycles. The van der Waals surface area contributed by atoms with Crippen molar-refractivity contribution < 1.29 is 4.21 Å². The molecule has 0 aromatic heterocycles. The molecule has 0 spiro atoms. The van der Waals surface area contributed by atoms with Crippen molar-refractivity contribution in [3.8, 4) is 0 Å². The number of hydrogen-bond donors (Lipinski definition) is 0. The molecular formula is C26H22NOPS. The van der Waals surface area contributed by atoms with Gasteiger partial charge < -0.3 is 0 Å². The maximum absolute atomic E-state index is 12.7. The molecular weight excluding hydrogens is 405 g/mol. The highest BCUT2D eigenvalue weighted by Crippen LogP contribution is 2.33. The van der Waals surface area contributed by atoms with E-state index < -0.39 is 18.9 Å². The van der Waals surface area contributed by atoms with Crippen LogP contribution in [0.4, 0.5) is 0 Å². The lowest BCUT2D eigenvalue weighted by Crippen LogP contribution is -2.23. The predicted octanol–water partition coefficient (Wildman–Crippen LogP) is 4.89. The minimum Gasteiger partial charge on any atom is -0.229 e. The quantitative estimate of drug-likeness (QED) is 0.318. The minimum atomic E-state index is -1.43. The summed E-state index contributed by atoms with van der Waals surface area (Å²) in [7, 11) is -2.17. The zero-order valence-electron chi connectivity index (χ0n) is 16.7. The van der Waals surface area contributed by atoms with Gasteiger partial charge in [0.05, 0.1) is 4.90 Å². The van der Waals surface area contributed by atoms with E-state index in [0.29, 0.717) is 4.90 Å². The summed E-state index contributed by atoms with van der Waals surface area (Å²) in [6, 6.07) is 37.0. The van der Waals surface area contributed by atoms with Crippen molar-refractivity contribution in [2.45, 2.75) is 11.8 Å². The molecule has 4 rings (SSSR count). The minimum absolute atomic E-state index is 0.711. The molecule has 0 heterocycles. The molecule has 0 aliphatic rings. The average molecular weight is 428 g/mol. The van der Waals surface area contributed by atoms with Crippen molar-refractivity contribution in [3.05, 3.63) is 120 Å². The van der Waals surface area contributed by atoms with Crippen LogP contribution >= 0.6 is 7.92 Å². The van der Waals surface area contributed by atoms with Crippen LogP contribution in [0.15, 0.2) is 118 Å². The van der Waals surface area contributed by atoms with Crippen LogP contribution in [-0.4, -0.2) is 10.4 Å². The second-order valence-electron chi connectivity index (χ2n) is 6.86. The van der Waals surface area contributed by atoms with Gasteiger partial charge in [-0.2, -0.15) is 4.40 Å². The van der Waals surface area contributed by atoms with Crippen molar-refractivity contribution in [3.63, 3.8) is 0 Å². The number of hydrogen-bond acceptors (Lipinski definition) is 1. The first-order chi connectivity index (χ1) is 14.7. The van der Waals surface area contributed by atoms with E-state index >= 15 is 0 Å². The van der Waals surface area contributed by atoms with Crippen LogP contribution in [0.25, 0.3) is 0 Å². The third-order valence-corrected chi connectivity index (χ3v) is 8.21. The molecule has 0 fully saturated rings. The number of aryl methyl sites for hydroxylation is 1. The Bertz CT molecular complexity index is 1120. The molecule has 0 saturated heterocycles. The number of rotatable bonds is 6. The lowest BCUT2D eigenvalue weighted by atomic mass is 10.2. The third kappa shape index (κ3) is 4.81. The van der Waals surface area contributed by atoms with Gasteiger partial charge in [-0.05, 0) is 42.9 Å². The van der Waals surface area contributed by atoms with E-state index in [9.17, 15) is 4.21 Å². The van der Waals surface area contributed by atoms with Gasteiger partial charge in [0.2, 0.25) is 0 Å². The first-order valence-corrected chi connectivity index (χ1v) is 12.2. The van der Waals surface area contributed by atoms with Crippen LogP contribution in [0.1, 0.15) is 11.1 Å². The summed E-state index contributed by atoms with van der Waals surface area (Å²) in [5.41, 5.74) is 2.14. The lowest BCUT2D eigenvalue weighted by Gasteiger charge is -2.21. The van der Waals surface area contributed by atoms with E-state index in [1.165, 1.54) is 15.9 Å². The summed E-state index contributed by atoms with van der Waals surface area (Å²) in [6.45, 7) is 2.02. The average Bonchev–Trinajstić information content (AvgIpc) is 2.80. The Morgan fingerprint density at radius 1 is 0.700 bits per heavy atom. The largest absolute Gasteiger partial charge is 0.229 e.